The number of nitrogens with one attached hydrogen (secondary N) is 1. The van der Waals surface area contributed by atoms with E-state index in [1.165, 1.54) is 12.0 Å². The molecule has 0 radical (unpaired) electrons. The Kier molecular flexibility index (Phi) is 10.2. The first-order chi connectivity index (χ1) is 15.5. The van der Waals surface area contributed by atoms with E-state index in [1.54, 1.807) is 24.3 Å². The zero-order valence-corrected chi connectivity index (χ0v) is 18.7. The monoisotopic (exact) mass is 439 g/mol. The number of carbonyl (C=O) groups is 2. The fourth-order valence-corrected chi connectivity index (χ4v) is 2.99. The maximum Gasteiger partial charge on any atom is 0.326 e. The molecule has 0 heterocycles. The molecule has 2 aromatic rings. The van der Waals surface area contributed by atoms with E-state index in [2.05, 4.69) is 16.1 Å². The first kappa shape index (κ1) is 24.9. The van der Waals surface area contributed by atoms with Crippen LogP contribution in [0, 0.1) is 11.3 Å². The van der Waals surface area contributed by atoms with E-state index in [1.807, 2.05) is 38.1 Å². The van der Waals surface area contributed by atoms with Gasteiger partial charge in [-0.3, -0.25) is 9.69 Å². The van der Waals surface area contributed by atoms with Gasteiger partial charge in [-0.1, -0.05) is 12.1 Å². The molecule has 8 nitrogen and oxygen atoms in total. The van der Waals surface area contributed by atoms with Crippen LogP contribution in [0.5, 0.6) is 0 Å². The third kappa shape index (κ3) is 7.69. The number of hydrogen-bond donors (Lipinski definition) is 1. The molecule has 0 fully saturated rings. The Labute approximate surface area is 188 Å². The maximum absolute atomic E-state index is 13.1. The highest BCUT2D eigenvalue weighted by molar-refractivity contribution is 6.01. The second-order valence-electron chi connectivity index (χ2n) is 6.81. The van der Waals surface area contributed by atoms with Crippen LogP contribution >= 0.6 is 0 Å². The van der Waals surface area contributed by atoms with E-state index in [-0.39, 0.29) is 25.0 Å². The lowest BCUT2D eigenvalue weighted by atomic mass is 10.1. The van der Waals surface area contributed by atoms with Gasteiger partial charge in [0, 0.05) is 31.0 Å². The van der Waals surface area contributed by atoms with Crippen LogP contribution in [0.4, 0.5) is 16.2 Å². The quantitative estimate of drug-likeness (QED) is 0.418. The summed E-state index contributed by atoms with van der Waals surface area (Å²) in [6.07, 6.45) is 0.246. The van der Waals surface area contributed by atoms with Crippen LogP contribution in [0.3, 0.4) is 0 Å². The SMILES string of the molecule is CCOC(CN(C(=O)Nc1ccc(C#N)cc1)c1ccc(CCC(=O)OC)cc1)OCC. The molecule has 0 bridgehead atoms. The van der Waals surface area contributed by atoms with Gasteiger partial charge in [-0.2, -0.15) is 5.26 Å². The number of ether oxygens (including phenoxy) is 3. The summed E-state index contributed by atoms with van der Waals surface area (Å²) < 4.78 is 15.9. The van der Waals surface area contributed by atoms with Gasteiger partial charge in [0.2, 0.25) is 0 Å². The van der Waals surface area contributed by atoms with Crippen LogP contribution in [0.15, 0.2) is 48.5 Å². The van der Waals surface area contributed by atoms with Gasteiger partial charge in [-0.05, 0) is 62.2 Å². The molecule has 170 valence electrons. The molecule has 0 spiro atoms. The van der Waals surface area contributed by atoms with Gasteiger partial charge in [-0.25, -0.2) is 4.79 Å². The minimum atomic E-state index is -0.587. The summed E-state index contributed by atoms with van der Waals surface area (Å²) in [4.78, 5) is 26.0. The summed E-state index contributed by atoms with van der Waals surface area (Å²) in [7, 11) is 1.36. The molecule has 2 amide bonds. The van der Waals surface area contributed by atoms with E-state index in [4.69, 9.17) is 14.7 Å². The van der Waals surface area contributed by atoms with Gasteiger partial charge in [0.05, 0.1) is 25.3 Å². The molecule has 32 heavy (non-hydrogen) atoms. The number of rotatable bonds is 11. The van der Waals surface area contributed by atoms with Crippen molar-refractivity contribution in [3.63, 3.8) is 0 Å². The Morgan fingerprint density at radius 2 is 1.66 bits per heavy atom. The van der Waals surface area contributed by atoms with Crippen molar-refractivity contribution in [1.29, 1.82) is 5.26 Å². The average molecular weight is 440 g/mol. The number of esters is 1. The maximum atomic E-state index is 13.1. The summed E-state index contributed by atoms with van der Waals surface area (Å²) in [5.74, 6) is -0.270. The third-order valence-corrected chi connectivity index (χ3v) is 4.64. The van der Waals surface area contributed by atoms with E-state index in [9.17, 15) is 9.59 Å². The normalized spacial score (nSPS) is 10.5. The Bertz CT molecular complexity index is 901. The molecule has 0 atom stereocenters. The predicted molar refractivity (Wildman–Crippen MR) is 121 cm³/mol. The van der Waals surface area contributed by atoms with E-state index >= 15 is 0 Å². The predicted octanol–water partition coefficient (Wildman–Crippen LogP) is 4.10. The van der Waals surface area contributed by atoms with E-state index in [0.29, 0.717) is 36.6 Å². The van der Waals surface area contributed by atoms with Gasteiger partial charge in [0.25, 0.3) is 0 Å². The van der Waals surface area contributed by atoms with Crippen molar-refractivity contribution in [3.05, 3.63) is 59.7 Å². The van der Waals surface area contributed by atoms with Crippen molar-refractivity contribution in [2.24, 2.45) is 0 Å². The Morgan fingerprint density at radius 3 is 2.19 bits per heavy atom. The van der Waals surface area contributed by atoms with Gasteiger partial charge in [0.15, 0.2) is 6.29 Å². The molecule has 1 N–H and O–H groups in total. The van der Waals surface area contributed by atoms with Gasteiger partial charge in [0.1, 0.15) is 0 Å². The standard InChI is InChI=1S/C24H29N3O5/c1-4-31-23(32-5-2)17-27(24(29)26-20-11-6-19(16-25)7-12-20)21-13-8-18(9-14-21)10-15-22(28)30-3/h6-9,11-14,23H,4-5,10,15,17H2,1-3H3,(H,26,29). The number of nitriles is 1. The average Bonchev–Trinajstić information content (AvgIpc) is 2.82. The third-order valence-electron chi connectivity index (χ3n) is 4.64. The lowest BCUT2D eigenvalue weighted by molar-refractivity contribution is -0.140. The molecule has 8 heteroatoms. The van der Waals surface area contributed by atoms with Crippen LogP contribution in [-0.4, -0.2) is 45.2 Å². The number of methoxy groups -OCH3 is 1. The molecule has 0 aliphatic heterocycles. The molecule has 0 aromatic heterocycles. The second-order valence-corrected chi connectivity index (χ2v) is 6.81. The summed E-state index contributed by atoms with van der Waals surface area (Å²) in [5, 5.41) is 11.8. The van der Waals surface area contributed by atoms with Crippen LogP contribution in [-0.2, 0) is 25.4 Å². The van der Waals surface area contributed by atoms with Crippen LogP contribution in [0.2, 0.25) is 0 Å². The molecular weight excluding hydrogens is 410 g/mol. The summed E-state index contributed by atoms with van der Waals surface area (Å²) in [5.41, 5.74) is 2.69. The number of carbonyl (C=O) groups excluding carboxylic acids is 2. The molecule has 2 rings (SSSR count). The first-order valence-electron chi connectivity index (χ1n) is 10.5. The molecule has 0 saturated heterocycles. The largest absolute Gasteiger partial charge is 0.469 e. The number of anilines is 2. The van der Waals surface area contributed by atoms with Crippen molar-refractivity contribution >= 4 is 23.4 Å². The summed E-state index contributed by atoms with van der Waals surface area (Å²) in [6, 6.07) is 15.7. The summed E-state index contributed by atoms with van der Waals surface area (Å²) in [6.45, 7) is 4.81. The molecule has 0 unspecified atom stereocenters. The van der Waals surface area contributed by atoms with Crippen molar-refractivity contribution in [2.75, 3.05) is 37.1 Å². The zero-order chi connectivity index (χ0) is 23.3. The molecule has 0 aliphatic rings. The summed E-state index contributed by atoms with van der Waals surface area (Å²) >= 11 is 0. The lowest BCUT2D eigenvalue weighted by Crippen LogP contribution is -2.42. The first-order valence-corrected chi connectivity index (χ1v) is 10.5. The minimum Gasteiger partial charge on any atom is -0.469 e. The topological polar surface area (TPSA) is 101 Å². The fraction of sp³-hybridized carbons (Fsp3) is 0.375. The Morgan fingerprint density at radius 1 is 1.03 bits per heavy atom. The number of benzene rings is 2. The molecule has 0 aliphatic carbocycles. The van der Waals surface area contributed by atoms with Crippen molar-refractivity contribution < 1.29 is 23.8 Å². The van der Waals surface area contributed by atoms with E-state index in [0.717, 1.165) is 5.56 Å². The number of amides is 2. The highest BCUT2D eigenvalue weighted by Crippen LogP contribution is 2.20. The number of aryl methyl sites for hydroxylation is 1. The molecule has 0 saturated carbocycles. The fourth-order valence-electron chi connectivity index (χ4n) is 2.99. The van der Waals surface area contributed by atoms with Crippen molar-refractivity contribution in [3.8, 4) is 6.07 Å². The highest BCUT2D eigenvalue weighted by atomic mass is 16.7. The van der Waals surface area contributed by atoms with Crippen molar-refractivity contribution in [1.82, 2.24) is 0 Å². The minimum absolute atomic E-state index is 0.186. The number of hydrogen-bond acceptors (Lipinski definition) is 6. The zero-order valence-electron chi connectivity index (χ0n) is 18.7. The van der Waals surface area contributed by atoms with Gasteiger partial charge in [-0.15, -0.1) is 0 Å². The Hall–Kier alpha value is -3.41. The van der Waals surface area contributed by atoms with Crippen LogP contribution in [0.25, 0.3) is 0 Å². The van der Waals surface area contributed by atoms with E-state index < -0.39 is 6.29 Å². The van der Waals surface area contributed by atoms with Gasteiger partial charge < -0.3 is 19.5 Å². The second kappa shape index (κ2) is 13.1. The van der Waals surface area contributed by atoms with Crippen LogP contribution in [0.1, 0.15) is 31.4 Å². The molecular formula is C24H29N3O5. The lowest BCUT2D eigenvalue weighted by Gasteiger charge is -2.28. The smallest absolute Gasteiger partial charge is 0.326 e. The number of nitrogens with zero attached hydrogens (tertiary/aromatic N) is 2. The number of urea groups is 1. The Balaban J connectivity index is 2.21. The van der Waals surface area contributed by atoms with Crippen molar-refractivity contribution in [2.45, 2.75) is 33.0 Å². The molecule has 2 aromatic carbocycles. The van der Waals surface area contributed by atoms with Crippen LogP contribution < -0.4 is 10.2 Å². The van der Waals surface area contributed by atoms with Gasteiger partial charge >= 0.3 is 12.0 Å². The highest BCUT2D eigenvalue weighted by Gasteiger charge is 2.22.